The van der Waals surface area contributed by atoms with Gasteiger partial charge in [0.2, 0.25) is 5.91 Å². The van der Waals surface area contributed by atoms with Gasteiger partial charge in [0.05, 0.1) is 5.92 Å². The van der Waals surface area contributed by atoms with Gasteiger partial charge in [0, 0.05) is 19.5 Å². The average molecular weight is 213 g/mol. The Morgan fingerprint density at radius 2 is 1.93 bits per heavy atom. The summed E-state index contributed by atoms with van der Waals surface area (Å²) in [5, 5.41) is 8.71. The van der Waals surface area contributed by atoms with Crippen molar-refractivity contribution in [2.24, 2.45) is 5.92 Å². The van der Waals surface area contributed by atoms with E-state index in [2.05, 4.69) is 0 Å². The highest BCUT2D eigenvalue weighted by molar-refractivity contribution is 5.82. The molecule has 4 heteroatoms. The van der Waals surface area contributed by atoms with Crippen LogP contribution in [0.2, 0.25) is 0 Å². The van der Waals surface area contributed by atoms with Crippen molar-refractivity contribution in [3.05, 3.63) is 0 Å². The summed E-state index contributed by atoms with van der Waals surface area (Å²) >= 11 is 0. The second-order valence-electron chi connectivity index (χ2n) is 4.39. The number of hydrogen-bond acceptors (Lipinski definition) is 2. The van der Waals surface area contributed by atoms with E-state index in [1.165, 1.54) is 12.8 Å². The summed E-state index contributed by atoms with van der Waals surface area (Å²) in [7, 11) is 1.78. The number of aliphatic carboxylic acids is 1. The van der Waals surface area contributed by atoms with E-state index in [0.717, 1.165) is 12.8 Å². The molecule has 1 aliphatic carbocycles. The molecule has 0 aliphatic heterocycles. The summed E-state index contributed by atoms with van der Waals surface area (Å²) in [4.78, 5) is 24.0. The maximum atomic E-state index is 11.7. The Morgan fingerprint density at radius 3 is 2.40 bits per heavy atom. The molecule has 1 aliphatic rings. The fourth-order valence-corrected chi connectivity index (χ4v) is 1.99. The number of rotatable bonds is 4. The van der Waals surface area contributed by atoms with Gasteiger partial charge in [0.25, 0.3) is 0 Å². The molecule has 0 aromatic carbocycles. The number of carboxylic acid groups (broad SMARTS) is 1. The van der Waals surface area contributed by atoms with Gasteiger partial charge in [-0.05, 0) is 12.8 Å². The minimum atomic E-state index is -0.900. The number of carbonyl (C=O) groups is 2. The topological polar surface area (TPSA) is 57.6 Å². The van der Waals surface area contributed by atoms with Gasteiger partial charge in [0.15, 0.2) is 0 Å². The lowest BCUT2D eigenvalue weighted by Crippen LogP contribution is -2.36. The molecule has 86 valence electrons. The predicted octanol–water partition coefficient (Wildman–Crippen LogP) is 1.50. The average Bonchev–Trinajstić information content (AvgIpc) is 2.68. The molecule has 1 amide bonds. The molecule has 0 aromatic heterocycles. The standard InChI is InChI=1S/C11H19NO3/c1-8(11(14)15)7-10(13)12(2)9-5-3-4-6-9/h8-9H,3-7H2,1-2H3,(H,14,15). The van der Waals surface area contributed by atoms with Crippen LogP contribution in [-0.4, -0.2) is 35.0 Å². The van der Waals surface area contributed by atoms with Crippen LogP contribution in [0.4, 0.5) is 0 Å². The van der Waals surface area contributed by atoms with E-state index < -0.39 is 11.9 Å². The first kappa shape index (κ1) is 12.0. The van der Waals surface area contributed by atoms with Crippen molar-refractivity contribution in [1.29, 1.82) is 0 Å². The first-order valence-corrected chi connectivity index (χ1v) is 5.51. The molecule has 0 radical (unpaired) electrons. The summed E-state index contributed by atoms with van der Waals surface area (Å²) in [5.41, 5.74) is 0. The third-order valence-corrected chi connectivity index (χ3v) is 3.17. The van der Waals surface area contributed by atoms with Crippen LogP contribution >= 0.6 is 0 Å². The maximum absolute atomic E-state index is 11.7. The lowest BCUT2D eigenvalue weighted by molar-refractivity contribution is -0.145. The van der Waals surface area contributed by atoms with E-state index in [1.807, 2.05) is 0 Å². The largest absolute Gasteiger partial charge is 0.481 e. The Morgan fingerprint density at radius 1 is 1.40 bits per heavy atom. The summed E-state index contributed by atoms with van der Waals surface area (Å²) in [6.07, 6.45) is 4.59. The molecule has 0 saturated heterocycles. The fraction of sp³-hybridized carbons (Fsp3) is 0.818. The monoisotopic (exact) mass is 213 g/mol. The van der Waals surface area contributed by atoms with Crippen LogP contribution in [0.25, 0.3) is 0 Å². The van der Waals surface area contributed by atoms with Crippen molar-refractivity contribution in [3.63, 3.8) is 0 Å². The van der Waals surface area contributed by atoms with E-state index in [4.69, 9.17) is 5.11 Å². The molecule has 4 nitrogen and oxygen atoms in total. The van der Waals surface area contributed by atoms with E-state index in [-0.39, 0.29) is 12.3 Å². The molecular formula is C11H19NO3. The maximum Gasteiger partial charge on any atom is 0.306 e. The molecule has 1 unspecified atom stereocenters. The summed E-state index contributed by atoms with van der Waals surface area (Å²) < 4.78 is 0. The van der Waals surface area contributed by atoms with Crippen LogP contribution in [0.15, 0.2) is 0 Å². The van der Waals surface area contributed by atoms with E-state index in [0.29, 0.717) is 6.04 Å². The molecule has 1 rings (SSSR count). The molecular weight excluding hydrogens is 194 g/mol. The number of amides is 1. The molecule has 15 heavy (non-hydrogen) atoms. The number of hydrogen-bond donors (Lipinski definition) is 1. The number of nitrogens with zero attached hydrogens (tertiary/aromatic N) is 1. The minimum Gasteiger partial charge on any atom is -0.481 e. The van der Waals surface area contributed by atoms with E-state index in [9.17, 15) is 9.59 Å². The van der Waals surface area contributed by atoms with Gasteiger partial charge in [-0.1, -0.05) is 19.8 Å². The van der Waals surface area contributed by atoms with Crippen molar-refractivity contribution < 1.29 is 14.7 Å². The van der Waals surface area contributed by atoms with Gasteiger partial charge < -0.3 is 10.0 Å². The van der Waals surface area contributed by atoms with Crippen molar-refractivity contribution in [1.82, 2.24) is 4.90 Å². The van der Waals surface area contributed by atoms with Crippen molar-refractivity contribution in [2.45, 2.75) is 45.1 Å². The minimum absolute atomic E-state index is 0.0446. The first-order valence-electron chi connectivity index (χ1n) is 5.51. The van der Waals surface area contributed by atoms with Crippen molar-refractivity contribution in [2.75, 3.05) is 7.05 Å². The Labute approximate surface area is 90.3 Å². The third kappa shape index (κ3) is 3.22. The Hall–Kier alpha value is -1.06. The third-order valence-electron chi connectivity index (χ3n) is 3.17. The highest BCUT2D eigenvalue weighted by Crippen LogP contribution is 2.23. The zero-order chi connectivity index (χ0) is 11.4. The van der Waals surface area contributed by atoms with Crippen LogP contribution in [-0.2, 0) is 9.59 Å². The molecule has 1 N–H and O–H groups in total. The fourth-order valence-electron chi connectivity index (χ4n) is 1.99. The summed E-state index contributed by atoms with van der Waals surface area (Å²) in [6.45, 7) is 1.57. The van der Waals surface area contributed by atoms with Crippen LogP contribution in [0.1, 0.15) is 39.0 Å². The van der Waals surface area contributed by atoms with Crippen LogP contribution in [0, 0.1) is 5.92 Å². The molecule has 1 atom stereocenters. The second kappa shape index (κ2) is 5.14. The first-order chi connectivity index (χ1) is 7.02. The smallest absolute Gasteiger partial charge is 0.306 e. The number of carboxylic acids is 1. The summed E-state index contributed by atoms with van der Waals surface area (Å²) in [5.74, 6) is -1.53. The van der Waals surface area contributed by atoms with Crippen LogP contribution in [0.3, 0.4) is 0 Å². The predicted molar refractivity (Wildman–Crippen MR) is 56.4 cm³/mol. The molecule has 0 bridgehead atoms. The zero-order valence-electron chi connectivity index (χ0n) is 9.40. The quantitative estimate of drug-likeness (QED) is 0.769. The van der Waals surface area contributed by atoms with Crippen LogP contribution < -0.4 is 0 Å². The van der Waals surface area contributed by atoms with Crippen molar-refractivity contribution in [3.8, 4) is 0 Å². The van der Waals surface area contributed by atoms with Gasteiger partial charge in [-0.25, -0.2) is 0 Å². The Bertz CT molecular complexity index is 246. The lowest BCUT2D eigenvalue weighted by atomic mass is 10.1. The van der Waals surface area contributed by atoms with Gasteiger partial charge >= 0.3 is 5.97 Å². The number of carbonyl (C=O) groups excluding carboxylic acids is 1. The normalized spacial score (nSPS) is 18.8. The Balaban J connectivity index is 2.41. The van der Waals surface area contributed by atoms with Crippen molar-refractivity contribution >= 4 is 11.9 Å². The van der Waals surface area contributed by atoms with Crippen LogP contribution in [0.5, 0.6) is 0 Å². The van der Waals surface area contributed by atoms with Gasteiger partial charge in [-0.3, -0.25) is 9.59 Å². The molecule has 0 heterocycles. The van der Waals surface area contributed by atoms with Gasteiger partial charge in [-0.2, -0.15) is 0 Å². The van der Waals surface area contributed by atoms with E-state index in [1.54, 1.807) is 18.9 Å². The SMILES string of the molecule is CC(CC(=O)N(C)C1CCCC1)C(=O)O. The van der Waals surface area contributed by atoms with E-state index >= 15 is 0 Å². The zero-order valence-corrected chi connectivity index (χ0v) is 9.40. The molecule has 1 fully saturated rings. The summed E-state index contributed by atoms with van der Waals surface area (Å²) in [6, 6.07) is 0.332. The van der Waals surface area contributed by atoms with Gasteiger partial charge in [0.1, 0.15) is 0 Å². The second-order valence-corrected chi connectivity index (χ2v) is 4.39. The van der Waals surface area contributed by atoms with Gasteiger partial charge in [-0.15, -0.1) is 0 Å². The molecule has 0 spiro atoms. The highest BCUT2D eigenvalue weighted by atomic mass is 16.4. The molecule has 0 aromatic rings. The Kier molecular flexibility index (Phi) is 4.12. The lowest BCUT2D eigenvalue weighted by Gasteiger charge is -2.25. The molecule has 1 saturated carbocycles. The highest BCUT2D eigenvalue weighted by Gasteiger charge is 2.25.